The Hall–Kier alpha value is -2.85. The zero-order valence-corrected chi connectivity index (χ0v) is 17.2. The normalized spacial score (nSPS) is 20.7. The number of imidazole rings is 1. The number of hydrogen-bond donors (Lipinski definition) is 0. The average Bonchev–Trinajstić information content (AvgIpc) is 3.43. The third-order valence-electron chi connectivity index (χ3n) is 5.02. The zero-order chi connectivity index (χ0) is 20.8. The fraction of sp³-hybridized carbons (Fsp3) is 0.304. The van der Waals surface area contributed by atoms with Gasteiger partial charge in [-0.3, -0.25) is 0 Å². The first-order valence-corrected chi connectivity index (χ1v) is 10.2. The van der Waals surface area contributed by atoms with Gasteiger partial charge in [-0.2, -0.15) is 5.26 Å². The Morgan fingerprint density at radius 2 is 2.00 bits per heavy atom. The van der Waals surface area contributed by atoms with Crippen LogP contribution < -0.4 is 4.74 Å². The molecule has 1 saturated heterocycles. The van der Waals surface area contributed by atoms with E-state index in [0.717, 1.165) is 11.4 Å². The largest absolute Gasteiger partial charge is 0.491 e. The van der Waals surface area contributed by atoms with Crippen LogP contribution in [0.3, 0.4) is 0 Å². The number of nitriles is 1. The van der Waals surface area contributed by atoms with Gasteiger partial charge < -0.3 is 18.8 Å². The predicted octanol–water partition coefficient (Wildman–Crippen LogP) is 4.23. The number of halogens is 1. The minimum atomic E-state index is -0.751. The van der Waals surface area contributed by atoms with Crippen molar-refractivity contribution in [2.75, 3.05) is 13.2 Å². The summed E-state index contributed by atoms with van der Waals surface area (Å²) in [7, 11) is 0. The fourth-order valence-corrected chi connectivity index (χ4v) is 3.58. The summed E-state index contributed by atoms with van der Waals surface area (Å²) in [6, 6.07) is 17.0. The first-order valence-electron chi connectivity index (χ1n) is 9.79. The highest BCUT2D eigenvalue weighted by atomic mass is 35.5. The van der Waals surface area contributed by atoms with Gasteiger partial charge >= 0.3 is 0 Å². The van der Waals surface area contributed by atoms with Gasteiger partial charge in [0.15, 0.2) is 5.79 Å². The van der Waals surface area contributed by atoms with Gasteiger partial charge in [0.2, 0.25) is 0 Å². The Kier molecular flexibility index (Phi) is 6.34. The van der Waals surface area contributed by atoms with Crippen LogP contribution >= 0.6 is 11.6 Å². The van der Waals surface area contributed by atoms with Crippen LogP contribution in [0, 0.1) is 11.3 Å². The maximum absolute atomic E-state index is 8.90. The number of hydrogen-bond acceptors (Lipinski definition) is 5. The van der Waals surface area contributed by atoms with Crippen LogP contribution in [0.5, 0.6) is 5.75 Å². The van der Waals surface area contributed by atoms with Crippen molar-refractivity contribution < 1.29 is 14.2 Å². The van der Waals surface area contributed by atoms with Crippen LogP contribution in [-0.4, -0.2) is 34.7 Å². The minimum Gasteiger partial charge on any atom is -0.491 e. The summed E-state index contributed by atoms with van der Waals surface area (Å²) in [5.41, 5.74) is 1.78. The molecule has 0 radical (unpaired) electrons. The van der Waals surface area contributed by atoms with Crippen LogP contribution in [0.2, 0.25) is 5.02 Å². The van der Waals surface area contributed by atoms with Gasteiger partial charge in [-0.15, -0.1) is 0 Å². The lowest BCUT2D eigenvalue weighted by Gasteiger charge is -2.28. The van der Waals surface area contributed by atoms with E-state index in [-0.39, 0.29) is 6.10 Å². The predicted molar refractivity (Wildman–Crippen MR) is 112 cm³/mol. The first-order chi connectivity index (χ1) is 14.6. The quantitative estimate of drug-likeness (QED) is 0.542. The lowest BCUT2D eigenvalue weighted by atomic mass is 10.0. The van der Waals surface area contributed by atoms with Crippen molar-refractivity contribution in [1.82, 2.24) is 9.55 Å². The highest BCUT2D eigenvalue weighted by Gasteiger charge is 2.42. The van der Waals surface area contributed by atoms with Gasteiger partial charge in [-0.1, -0.05) is 23.7 Å². The maximum atomic E-state index is 8.90. The van der Waals surface area contributed by atoms with E-state index in [4.69, 9.17) is 31.1 Å². The maximum Gasteiger partial charge on any atom is 0.187 e. The summed E-state index contributed by atoms with van der Waals surface area (Å²) in [6.45, 7) is 1.37. The van der Waals surface area contributed by atoms with Crippen LogP contribution in [0.1, 0.15) is 17.5 Å². The molecule has 1 aromatic heterocycles. The van der Waals surface area contributed by atoms with E-state index in [0.29, 0.717) is 37.5 Å². The molecule has 6 nitrogen and oxygen atoms in total. The van der Waals surface area contributed by atoms with Gasteiger partial charge in [0.1, 0.15) is 18.5 Å². The Bertz CT molecular complexity index is 984. The summed E-state index contributed by atoms with van der Waals surface area (Å²) >= 11 is 5.99. The summed E-state index contributed by atoms with van der Waals surface area (Å²) < 4.78 is 20.3. The summed E-state index contributed by atoms with van der Waals surface area (Å²) in [5, 5.41) is 9.62. The van der Waals surface area contributed by atoms with Crippen molar-refractivity contribution in [2.45, 2.75) is 31.3 Å². The molecule has 0 bridgehead atoms. The molecule has 154 valence electrons. The van der Waals surface area contributed by atoms with E-state index in [1.54, 1.807) is 36.8 Å². The highest BCUT2D eigenvalue weighted by Crippen LogP contribution is 2.31. The van der Waals surface area contributed by atoms with Crippen molar-refractivity contribution in [3.8, 4) is 11.8 Å². The number of rotatable bonds is 8. The topological polar surface area (TPSA) is 69.3 Å². The fourth-order valence-electron chi connectivity index (χ4n) is 3.45. The first kappa shape index (κ1) is 20.4. The van der Waals surface area contributed by atoms with Gasteiger partial charge in [-0.25, -0.2) is 4.98 Å². The number of benzene rings is 2. The van der Waals surface area contributed by atoms with Crippen LogP contribution in [0.4, 0.5) is 0 Å². The summed E-state index contributed by atoms with van der Waals surface area (Å²) in [4.78, 5) is 4.12. The molecule has 0 unspecified atom stereocenters. The molecule has 1 aliphatic rings. The minimum absolute atomic E-state index is 0.186. The van der Waals surface area contributed by atoms with Gasteiger partial charge in [-0.05, 0) is 48.4 Å². The molecule has 1 fully saturated rings. The van der Waals surface area contributed by atoms with E-state index in [9.17, 15) is 0 Å². The van der Waals surface area contributed by atoms with E-state index in [1.807, 2.05) is 35.0 Å². The van der Waals surface area contributed by atoms with Crippen molar-refractivity contribution >= 4 is 11.6 Å². The van der Waals surface area contributed by atoms with Crippen LogP contribution in [-0.2, 0) is 22.4 Å². The molecule has 3 aromatic rings. The smallest absolute Gasteiger partial charge is 0.187 e. The molecule has 0 aliphatic carbocycles. The second kappa shape index (κ2) is 9.31. The number of aryl methyl sites for hydroxylation is 1. The van der Waals surface area contributed by atoms with Gasteiger partial charge in [0.25, 0.3) is 0 Å². The third-order valence-corrected chi connectivity index (χ3v) is 5.28. The number of nitrogens with zero attached hydrogens (tertiary/aromatic N) is 3. The second-order valence-corrected chi connectivity index (χ2v) is 7.71. The molecule has 4 rings (SSSR count). The van der Waals surface area contributed by atoms with E-state index in [2.05, 4.69) is 11.1 Å². The van der Waals surface area contributed by atoms with Crippen molar-refractivity contribution in [1.29, 1.82) is 5.26 Å². The molecule has 0 amide bonds. The molecule has 2 aromatic carbocycles. The lowest BCUT2D eigenvalue weighted by Crippen LogP contribution is -2.37. The molecule has 0 saturated carbocycles. The molecule has 2 atom stereocenters. The molecule has 0 spiro atoms. The number of aromatic nitrogens is 2. The van der Waals surface area contributed by atoms with Crippen LogP contribution in [0.25, 0.3) is 0 Å². The average molecular weight is 424 g/mol. The standard InChI is InChI=1S/C23H22ClN3O3/c24-20-5-1-18(2-6-20)9-10-23(16-27-12-11-26-17-27)29-15-22(30-23)14-28-21-7-3-19(13-25)4-8-21/h1-8,11-12,17,22H,9-10,14-16H2/t22-,23-/m1/s1. The molecule has 1 aliphatic heterocycles. The summed E-state index contributed by atoms with van der Waals surface area (Å²) in [5.74, 6) is -0.0511. The van der Waals surface area contributed by atoms with Crippen molar-refractivity contribution in [3.63, 3.8) is 0 Å². The highest BCUT2D eigenvalue weighted by molar-refractivity contribution is 6.30. The van der Waals surface area contributed by atoms with E-state index >= 15 is 0 Å². The molecule has 2 heterocycles. The van der Waals surface area contributed by atoms with E-state index < -0.39 is 5.79 Å². The number of ether oxygens (including phenoxy) is 3. The molecule has 0 N–H and O–H groups in total. The second-order valence-electron chi connectivity index (χ2n) is 7.27. The zero-order valence-electron chi connectivity index (χ0n) is 16.4. The van der Waals surface area contributed by atoms with Crippen LogP contribution in [0.15, 0.2) is 67.3 Å². The van der Waals surface area contributed by atoms with Gasteiger partial charge in [0.05, 0.1) is 31.1 Å². The van der Waals surface area contributed by atoms with E-state index in [1.165, 1.54) is 5.56 Å². The van der Waals surface area contributed by atoms with Gasteiger partial charge in [0, 0.05) is 23.8 Å². The third kappa shape index (κ3) is 5.19. The SMILES string of the molecule is N#Cc1ccc(OC[C@@H]2CO[C@@](CCc3ccc(Cl)cc3)(Cn3ccnc3)O2)cc1. The Morgan fingerprint density at radius 3 is 2.70 bits per heavy atom. The van der Waals surface area contributed by atoms with Crippen molar-refractivity contribution in [2.24, 2.45) is 0 Å². The Labute approximate surface area is 180 Å². The molecular weight excluding hydrogens is 402 g/mol. The molecule has 30 heavy (non-hydrogen) atoms. The Balaban J connectivity index is 1.39. The summed E-state index contributed by atoms with van der Waals surface area (Å²) in [6.07, 6.45) is 6.71. The molecule has 7 heteroatoms. The van der Waals surface area contributed by atoms with Crippen molar-refractivity contribution in [3.05, 3.63) is 83.4 Å². The molecular formula is C23H22ClN3O3. The lowest BCUT2D eigenvalue weighted by molar-refractivity contribution is -0.184. The Morgan fingerprint density at radius 1 is 1.20 bits per heavy atom. The monoisotopic (exact) mass is 423 g/mol.